The second kappa shape index (κ2) is 9.82. The highest BCUT2D eigenvalue weighted by Gasteiger charge is 2.51. The van der Waals surface area contributed by atoms with Gasteiger partial charge in [0.2, 0.25) is 5.91 Å². The van der Waals surface area contributed by atoms with Crippen LogP contribution in [0.1, 0.15) is 44.8 Å². The van der Waals surface area contributed by atoms with Crippen molar-refractivity contribution in [2.75, 3.05) is 30.6 Å². The van der Waals surface area contributed by atoms with Gasteiger partial charge in [-0.05, 0) is 56.3 Å². The maximum Gasteiger partial charge on any atom is 0.238 e. The Labute approximate surface area is 226 Å². The molecule has 0 radical (unpaired) electrons. The van der Waals surface area contributed by atoms with Crippen LogP contribution < -0.4 is 16.0 Å². The molecule has 1 aliphatic heterocycles. The van der Waals surface area contributed by atoms with E-state index in [1.54, 1.807) is 10.9 Å². The summed E-state index contributed by atoms with van der Waals surface area (Å²) in [5.74, 6) is 3.64. The van der Waals surface area contributed by atoms with Gasteiger partial charge in [-0.1, -0.05) is 0 Å². The SMILES string of the molecule is CN(C)c1ncnc2c1ncn2[C@@H]1O[C@H](CCl)[C@@H](NC(=O)[C@@H](N)CSC23CC4CC(CC(C4)C2)C3)[C@H]1O. The average Bonchev–Trinajstić information content (AvgIpc) is 3.42. The predicted molar refractivity (Wildman–Crippen MR) is 144 cm³/mol. The number of aliphatic hydroxyl groups is 1. The number of carbonyl (C=O) groups is 1. The van der Waals surface area contributed by atoms with Crippen LogP contribution in [0.2, 0.25) is 0 Å². The lowest BCUT2D eigenvalue weighted by molar-refractivity contribution is -0.123. The zero-order chi connectivity index (χ0) is 25.9. The molecule has 37 heavy (non-hydrogen) atoms. The number of alkyl halides is 1. The van der Waals surface area contributed by atoms with E-state index >= 15 is 0 Å². The number of aliphatic hydroxyl groups excluding tert-OH is 1. The number of hydrogen-bond donors (Lipinski definition) is 3. The number of imidazole rings is 1. The van der Waals surface area contributed by atoms with E-state index in [1.807, 2.05) is 30.8 Å². The van der Waals surface area contributed by atoms with Gasteiger partial charge in [-0.15, -0.1) is 11.6 Å². The first kappa shape index (κ1) is 25.6. The van der Waals surface area contributed by atoms with E-state index in [9.17, 15) is 9.90 Å². The first-order valence-corrected chi connectivity index (χ1v) is 14.7. The minimum atomic E-state index is -1.05. The number of anilines is 1. The Morgan fingerprint density at radius 3 is 2.57 bits per heavy atom. The highest BCUT2D eigenvalue weighted by atomic mass is 35.5. The monoisotopic (exact) mass is 549 g/mol. The second-order valence-electron chi connectivity index (χ2n) is 11.7. The lowest BCUT2D eigenvalue weighted by Crippen LogP contribution is -2.54. The normalized spacial score (nSPS) is 37.3. The number of carbonyl (C=O) groups excluding carboxylic acids is 1. The van der Waals surface area contributed by atoms with E-state index in [-0.39, 0.29) is 11.8 Å². The molecule has 2 aromatic heterocycles. The third-order valence-electron chi connectivity index (χ3n) is 8.76. The molecule has 2 aromatic rings. The standard InChI is InChI=1S/C25H36ClN7O3S/c1-32(2)21-19-22(29-11-28-21)33(12-30-19)24-20(34)18(17(9-26)36-24)31-23(35)16(27)10-37-25-6-13-3-14(7-25)5-15(4-13)8-25/h11-18,20,24,34H,3-10,27H2,1-2H3,(H,31,35)/t13?,14?,15?,16-,17+,18+,20+,24+,25?/m0/s1. The fourth-order valence-corrected chi connectivity index (χ4v) is 9.47. The Morgan fingerprint density at radius 2 is 1.95 bits per heavy atom. The summed E-state index contributed by atoms with van der Waals surface area (Å²) in [4.78, 5) is 28.1. The Hall–Kier alpha value is -1.66. The van der Waals surface area contributed by atoms with Crippen molar-refractivity contribution in [2.45, 2.75) is 73.8 Å². The Bertz CT molecular complexity index is 1130. The molecule has 3 heterocycles. The molecular weight excluding hydrogens is 514 g/mol. The first-order valence-electron chi connectivity index (χ1n) is 13.2. The van der Waals surface area contributed by atoms with Gasteiger partial charge in [0.15, 0.2) is 23.2 Å². The summed E-state index contributed by atoms with van der Waals surface area (Å²) in [7, 11) is 3.75. The van der Waals surface area contributed by atoms with Gasteiger partial charge in [0, 0.05) is 24.6 Å². The van der Waals surface area contributed by atoms with Crippen molar-refractivity contribution in [1.29, 1.82) is 0 Å². The molecule has 5 atom stereocenters. The summed E-state index contributed by atoms with van der Waals surface area (Å²) in [6, 6.07) is -1.36. The lowest BCUT2D eigenvalue weighted by Gasteiger charge is -2.56. The van der Waals surface area contributed by atoms with Gasteiger partial charge in [-0.2, -0.15) is 11.8 Å². The smallest absolute Gasteiger partial charge is 0.238 e. The summed E-state index contributed by atoms with van der Waals surface area (Å²) in [5, 5.41) is 14.2. The summed E-state index contributed by atoms with van der Waals surface area (Å²) >= 11 is 8.10. The molecule has 0 unspecified atom stereocenters. The molecule has 4 aliphatic carbocycles. The van der Waals surface area contributed by atoms with Crippen molar-refractivity contribution in [3.63, 3.8) is 0 Å². The van der Waals surface area contributed by atoms with Gasteiger partial charge >= 0.3 is 0 Å². The van der Waals surface area contributed by atoms with Crippen LogP contribution in [0, 0.1) is 17.8 Å². The van der Waals surface area contributed by atoms with Gasteiger partial charge in [0.25, 0.3) is 0 Å². The van der Waals surface area contributed by atoms with Crippen LogP contribution in [0.25, 0.3) is 11.2 Å². The molecule has 202 valence electrons. The van der Waals surface area contributed by atoms with Crippen LogP contribution in [0.3, 0.4) is 0 Å². The van der Waals surface area contributed by atoms with E-state index in [0.29, 0.717) is 27.5 Å². The van der Waals surface area contributed by atoms with Crippen molar-refractivity contribution in [2.24, 2.45) is 23.5 Å². The molecule has 10 nitrogen and oxygen atoms in total. The van der Waals surface area contributed by atoms with Crippen molar-refractivity contribution in [3.8, 4) is 0 Å². The highest BCUT2D eigenvalue weighted by molar-refractivity contribution is 8.00. The van der Waals surface area contributed by atoms with Gasteiger partial charge in [-0.25, -0.2) is 15.0 Å². The summed E-state index contributed by atoms with van der Waals surface area (Å²) in [5.41, 5.74) is 7.51. The largest absolute Gasteiger partial charge is 0.386 e. The zero-order valence-electron chi connectivity index (χ0n) is 21.3. The van der Waals surface area contributed by atoms with Gasteiger partial charge in [0.05, 0.1) is 30.4 Å². The summed E-state index contributed by atoms with van der Waals surface area (Å²) in [6.07, 6.45) is 8.56. The van der Waals surface area contributed by atoms with Crippen molar-refractivity contribution >= 4 is 46.3 Å². The Morgan fingerprint density at radius 1 is 1.27 bits per heavy atom. The number of nitrogens with one attached hydrogen (secondary N) is 1. The third-order valence-corrected chi connectivity index (χ3v) is 10.7. The number of hydrogen-bond acceptors (Lipinski definition) is 9. The quantitative estimate of drug-likeness (QED) is 0.422. The molecule has 0 spiro atoms. The second-order valence-corrected chi connectivity index (χ2v) is 13.5. The number of ether oxygens (including phenoxy) is 1. The van der Waals surface area contributed by atoms with E-state index < -0.39 is 30.5 Å². The summed E-state index contributed by atoms with van der Waals surface area (Å²) in [6.45, 7) is 0. The molecule has 5 fully saturated rings. The topological polar surface area (TPSA) is 131 Å². The zero-order valence-corrected chi connectivity index (χ0v) is 22.9. The number of halogens is 1. The van der Waals surface area contributed by atoms with E-state index in [2.05, 4.69) is 20.3 Å². The maximum absolute atomic E-state index is 13.1. The molecule has 12 heteroatoms. The van der Waals surface area contributed by atoms with Crippen LogP contribution in [0.4, 0.5) is 5.82 Å². The van der Waals surface area contributed by atoms with Gasteiger partial charge < -0.3 is 25.8 Å². The number of nitrogens with zero attached hydrogens (tertiary/aromatic N) is 5. The van der Waals surface area contributed by atoms with Crippen LogP contribution in [-0.4, -0.2) is 85.3 Å². The van der Waals surface area contributed by atoms with Crippen LogP contribution >= 0.6 is 23.4 Å². The van der Waals surface area contributed by atoms with Crippen molar-refractivity contribution in [3.05, 3.63) is 12.7 Å². The number of amides is 1. The Kier molecular flexibility index (Phi) is 6.80. The fraction of sp³-hybridized carbons (Fsp3) is 0.760. The van der Waals surface area contributed by atoms with Gasteiger partial charge in [-0.3, -0.25) is 9.36 Å². The molecule has 4 saturated carbocycles. The third kappa shape index (κ3) is 4.60. The molecule has 0 aromatic carbocycles. The molecule has 7 rings (SSSR count). The number of aromatic nitrogens is 4. The minimum Gasteiger partial charge on any atom is -0.386 e. The Balaban J connectivity index is 1.12. The van der Waals surface area contributed by atoms with Crippen molar-refractivity contribution in [1.82, 2.24) is 24.8 Å². The number of thioether (sulfide) groups is 1. The molecular formula is C25H36ClN7O3S. The van der Waals surface area contributed by atoms with E-state index in [1.165, 1.54) is 44.9 Å². The highest BCUT2D eigenvalue weighted by Crippen LogP contribution is 2.60. The minimum absolute atomic E-state index is 0.111. The van der Waals surface area contributed by atoms with Gasteiger partial charge in [0.1, 0.15) is 12.4 Å². The molecule has 1 saturated heterocycles. The average molecular weight is 550 g/mol. The molecule has 1 amide bonds. The van der Waals surface area contributed by atoms with Crippen LogP contribution in [0.15, 0.2) is 12.7 Å². The number of fused-ring (bicyclic) bond motifs is 1. The van der Waals surface area contributed by atoms with Crippen LogP contribution in [-0.2, 0) is 9.53 Å². The molecule has 4 bridgehead atoms. The number of nitrogens with two attached hydrogens (primary N) is 1. The summed E-state index contributed by atoms with van der Waals surface area (Å²) < 4.78 is 8.06. The molecule has 4 N–H and O–H groups in total. The first-order chi connectivity index (χ1) is 17.8. The number of rotatable bonds is 8. The molecule has 5 aliphatic rings. The lowest BCUT2D eigenvalue weighted by atomic mass is 9.56. The predicted octanol–water partition coefficient (Wildman–Crippen LogP) is 1.90. The van der Waals surface area contributed by atoms with E-state index in [0.717, 1.165) is 17.8 Å². The van der Waals surface area contributed by atoms with Crippen LogP contribution in [0.5, 0.6) is 0 Å². The van der Waals surface area contributed by atoms with E-state index in [4.69, 9.17) is 22.1 Å². The fourth-order valence-electron chi connectivity index (χ4n) is 7.46. The maximum atomic E-state index is 13.1. The van der Waals surface area contributed by atoms with Crippen molar-refractivity contribution < 1.29 is 14.6 Å².